The Bertz CT molecular complexity index is 316. The number of hydrogen-bond acceptors (Lipinski definition) is 3. The number of rotatable bonds is 0. The third kappa shape index (κ3) is 0.578. The SMILES string of the molecule is O=C1OC(=O)C2CC3C=C1C2C3. The highest BCUT2D eigenvalue weighted by Gasteiger charge is 2.51. The van der Waals surface area contributed by atoms with Gasteiger partial charge >= 0.3 is 11.9 Å². The van der Waals surface area contributed by atoms with Crippen molar-refractivity contribution in [2.75, 3.05) is 0 Å². The second-order valence-electron chi connectivity index (χ2n) is 3.78. The van der Waals surface area contributed by atoms with Gasteiger partial charge in [0, 0.05) is 11.5 Å². The number of hydrogen-bond donors (Lipinski definition) is 0. The lowest BCUT2D eigenvalue weighted by Crippen LogP contribution is -2.35. The fourth-order valence-corrected chi connectivity index (χ4v) is 2.64. The molecule has 3 heteroatoms. The van der Waals surface area contributed by atoms with E-state index in [0.29, 0.717) is 5.92 Å². The van der Waals surface area contributed by atoms with E-state index < -0.39 is 5.97 Å². The number of allylic oxidation sites excluding steroid dienone is 1. The van der Waals surface area contributed by atoms with Gasteiger partial charge in [0.2, 0.25) is 0 Å². The van der Waals surface area contributed by atoms with Crippen molar-refractivity contribution < 1.29 is 14.3 Å². The fourth-order valence-electron chi connectivity index (χ4n) is 2.64. The molecule has 1 saturated heterocycles. The van der Waals surface area contributed by atoms with Crippen LogP contribution in [-0.4, -0.2) is 11.9 Å². The van der Waals surface area contributed by atoms with Crippen LogP contribution in [0.25, 0.3) is 0 Å². The zero-order chi connectivity index (χ0) is 8.29. The Balaban J connectivity index is 2.11. The summed E-state index contributed by atoms with van der Waals surface area (Å²) in [6.07, 6.45) is 3.86. The van der Waals surface area contributed by atoms with Gasteiger partial charge in [0.25, 0.3) is 0 Å². The van der Waals surface area contributed by atoms with Gasteiger partial charge < -0.3 is 4.74 Å². The average molecular weight is 164 g/mol. The van der Waals surface area contributed by atoms with Gasteiger partial charge in [-0.3, -0.25) is 4.79 Å². The first-order valence-electron chi connectivity index (χ1n) is 4.23. The van der Waals surface area contributed by atoms with Crippen molar-refractivity contribution >= 4 is 11.9 Å². The first kappa shape index (κ1) is 6.40. The number of carbonyl (C=O) groups excluding carboxylic acids is 2. The van der Waals surface area contributed by atoms with Crippen molar-refractivity contribution in [1.82, 2.24) is 0 Å². The Labute approximate surface area is 69.4 Å². The van der Waals surface area contributed by atoms with E-state index in [9.17, 15) is 9.59 Å². The molecule has 0 radical (unpaired) electrons. The van der Waals surface area contributed by atoms with Crippen molar-refractivity contribution in [3.8, 4) is 0 Å². The van der Waals surface area contributed by atoms with Gasteiger partial charge in [-0.2, -0.15) is 0 Å². The van der Waals surface area contributed by atoms with E-state index in [1.54, 1.807) is 0 Å². The molecule has 1 heterocycles. The van der Waals surface area contributed by atoms with Crippen LogP contribution < -0.4 is 0 Å². The molecule has 2 bridgehead atoms. The minimum absolute atomic E-state index is 0.00676. The molecule has 3 nitrogen and oxygen atoms in total. The standard InChI is InChI=1S/C9H8O3/c10-8-6-2-4-1-5(6)7(3-4)9(11)12-8/h2,4-5,7H,1,3H2. The molecular formula is C9H8O3. The first-order valence-corrected chi connectivity index (χ1v) is 4.23. The van der Waals surface area contributed by atoms with Crippen molar-refractivity contribution in [1.29, 1.82) is 0 Å². The predicted octanol–water partition coefficient (Wildman–Crippen LogP) is 0.652. The van der Waals surface area contributed by atoms with Gasteiger partial charge in [0.15, 0.2) is 0 Å². The summed E-state index contributed by atoms with van der Waals surface area (Å²) in [6.45, 7) is 0. The Morgan fingerprint density at radius 3 is 2.75 bits per heavy atom. The Morgan fingerprint density at radius 2 is 2.00 bits per heavy atom. The van der Waals surface area contributed by atoms with Crippen LogP contribution >= 0.6 is 0 Å². The van der Waals surface area contributed by atoms with E-state index >= 15 is 0 Å². The van der Waals surface area contributed by atoms with Gasteiger partial charge in [-0.1, -0.05) is 6.08 Å². The molecule has 3 atom stereocenters. The van der Waals surface area contributed by atoms with Crippen LogP contribution in [0.15, 0.2) is 11.6 Å². The van der Waals surface area contributed by atoms with E-state index in [-0.39, 0.29) is 17.8 Å². The van der Waals surface area contributed by atoms with Gasteiger partial charge in [-0.25, -0.2) is 4.79 Å². The summed E-state index contributed by atoms with van der Waals surface area (Å²) in [5.41, 5.74) is 0.760. The van der Waals surface area contributed by atoms with E-state index in [1.165, 1.54) is 0 Å². The quantitative estimate of drug-likeness (QED) is 0.390. The first-order chi connectivity index (χ1) is 5.75. The minimum atomic E-state index is -0.400. The van der Waals surface area contributed by atoms with Crippen LogP contribution in [-0.2, 0) is 14.3 Å². The second-order valence-corrected chi connectivity index (χ2v) is 3.78. The normalized spacial score (nSPS) is 43.0. The number of esters is 2. The molecule has 0 amide bonds. The molecule has 0 aromatic heterocycles. The molecule has 2 aliphatic carbocycles. The van der Waals surface area contributed by atoms with E-state index in [2.05, 4.69) is 4.74 Å². The third-order valence-corrected chi connectivity index (χ3v) is 3.15. The largest absolute Gasteiger partial charge is 0.389 e. The van der Waals surface area contributed by atoms with E-state index in [4.69, 9.17) is 0 Å². The summed E-state index contributed by atoms with van der Waals surface area (Å²) >= 11 is 0. The molecule has 3 rings (SSSR count). The van der Waals surface area contributed by atoms with Gasteiger partial charge in [0.1, 0.15) is 0 Å². The van der Waals surface area contributed by atoms with Crippen LogP contribution in [0.4, 0.5) is 0 Å². The summed E-state index contributed by atoms with van der Waals surface area (Å²) in [4.78, 5) is 22.3. The number of cyclic esters (lactones) is 2. The summed E-state index contributed by atoms with van der Waals surface area (Å²) in [7, 11) is 0. The molecule has 2 fully saturated rings. The van der Waals surface area contributed by atoms with Gasteiger partial charge in [0.05, 0.1) is 5.92 Å². The second kappa shape index (κ2) is 1.79. The number of ether oxygens (including phenoxy) is 1. The molecule has 3 aliphatic rings. The minimum Gasteiger partial charge on any atom is -0.389 e. The fraction of sp³-hybridized carbons (Fsp3) is 0.556. The van der Waals surface area contributed by atoms with Crippen LogP contribution in [0.3, 0.4) is 0 Å². The number of carbonyl (C=O) groups is 2. The monoisotopic (exact) mass is 164 g/mol. The Hall–Kier alpha value is -1.12. The van der Waals surface area contributed by atoms with Crippen LogP contribution in [0.5, 0.6) is 0 Å². The maximum Gasteiger partial charge on any atom is 0.341 e. The van der Waals surface area contributed by atoms with Crippen LogP contribution in [0.2, 0.25) is 0 Å². The summed E-state index contributed by atoms with van der Waals surface area (Å²) in [6, 6.07) is 0. The van der Waals surface area contributed by atoms with Gasteiger partial charge in [-0.15, -0.1) is 0 Å². The molecular weight excluding hydrogens is 156 g/mol. The lowest BCUT2D eigenvalue weighted by Gasteiger charge is -2.25. The number of fused-ring (bicyclic) bond motifs is 1. The molecule has 12 heavy (non-hydrogen) atoms. The molecule has 0 aromatic carbocycles. The molecule has 0 N–H and O–H groups in total. The van der Waals surface area contributed by atoms with Crippen molar-refractivity contribution in [2.45, 2.75) is 12.8 Å². The highest BCUT2D eigenvalue weighted by atomic mass is 16.6. The van der Waals surface area contributed by atoms with Crippen LogP contribution in [0.1, 0.15) is 12.8 Å². The highest BCUT2D eigenvalue weighted by Crippen LogP contribution is 2.50. The molecule has 1 saturated carbocycles. The van der Waals surface area contributed by atoms with Crippen molar-refractivity contribution in [2.24, 2.45) is 17.8 Å². The van der Waals surface area contributed by atoms with E-state index in [1.807, 2.05) is 6.08 Å². The van der Waals surface area contributed by atoms with Crippen molar-refractivity contribution in [3.63, 3.8) is 0 Å². The predicted molar refractivity (Wildman–Crippen MR) is 38.9 cm³/mol. The van der Waals surface area contributed by atoms with E-state index in [0.717, 1.165) is 18.4 Å². The zero-order valence-electron chi connectivity index (χ0n) is 6.45. The maximum atomic E-state index is 11.2. The van der Waals surface area contributed by atoms with Gasteiger partial charge in [-0.05, 0) is 18.8 Å². The topological polar surface area (TPSA) is 43.4 Å². The summed E-state index contributed by atoms with van der Waals surface area (Å²) in [5.74, 6) is -0.0453. The van der Waals surface area contributed by atoms with Crippen molar-refractivity contribution in [3.05, 3.63) is 11.6 Å². The molecule has 1 aliphatic heterocycles. The third-order valence-electron chi connectivity index (χ3n) is 3.15. The maximum absolute atomic E-state index is 11.2. The lowest BCUT2D eigenvalue weighted by molar-refractivity contribution is -0.165. The Morgan fingerprint density at radius 1 is 1.25 bits per heavy atom. The highest BCUT2D eigenvalue weighted by molar-refractivity contribution is 6.02. The molecule has 3 unspecified atom stereocenters. The average Bonchev–Trinajstić information content (AvgIpc) is 2.58. The molecule has 0 aromatic rings. The zero-order valence-corrected chi connectivity index (χ0v) is 6.45. The lowest BCUT2D eigenvalue weighted by atomic mass is 9.85. The molecule has 0 spiro atoms. The molecule has 62 valence electrons. The summed E-state index contributed by atoms with van der Waals surface area (Å²) < 4.78 is 4.60. The smallest absolute Gasteiger partial charge is 0.341 e. The summed E-state index contributed by atoms with van der Waals surface area (Å²) in [5, 5.41) is 0. The van der Waals surface area contributed by atoms with Crippen LogP contribution in [0, 0.1) is 17.8 Å². The Kier molecular flexibility index (Phi) is 0.953.